The van der Waals surface area contributed by atoms with E-state index in [2.05, 4.69) is 20.7 Å². The molecule has 1 aliphatic heterocycles. The van der Waals surface area contributed by atoms with E-state index in [4.69, 9.17) is 0 Å². The number of benzene rings is 1. The molecule has 0 bridgehead atoms. The summed E-state index contributed by atoms with van der Waals surface area (Å²) < 4.78 is 1.43. The Labute approximate surface area is 121 Å². The van der Waals surface area contributed by atoms with Crippen molar-refractivity contribution >= 4 is 23.5 Å². The Kier molecular flexibility index (Phi) is 3.17. The summed E-state index contributed by atoms with van der Waals surface area (Å²) in [5, 5.41) is 9.36. The van der Waals surface area contributed by atoms with Crippen molar-refractivity contribution in [3.05, 3.63) is 35.7 Å². The standard InChI is InChI=1S/C14H15N5O2/c1-8-3-9(2)5-10(4-8)17-12(20)6-11-13(21)18-14-15-7-16-19(11)14/h3-5,7,11H,6H2,1-2H3,(H,17,20)(H,15,16,18,21)/t11-/m1/s1. The van der Waals surface area contributed by atoms with Gasteiger partial charge < -0.3 is 5.32 Å². The number of aromatic nitrogens is 3. The van der Waals surface area contributed by atoms with E-state index in [1.807, 2.05) is 32.0 Å². The number of carbonyl (C=O) groups is 2. The highest BCUT2D eigenvalue weighted by molar-refractivity contribution is 6.00. The molecule has 2 heterocycles. The van der Waals surface area contributed by atoms with Gasteiger partial charge in [0.05, 0.1) is 6.42 Å². The molecule has 0 unspecified atom stereocenters. The van der Waals surface area contributed by atoms with Crippen LogP contribution in [0, 0.1) is 13.8 Å². The van der Waals surface area contributed by atoms with Gasteiger partial charge in [-0.1, -0.05) is 6.07 Å². The number of nitrogens with one attached hydrogen (secondary N) is 2. The average molecular weight is 285 g/mol. The fourth-order valence-corrected chi connectivity index (χ4v) is 2.49. The van der Waals surface area contributed by atoms with E-state index in [9.17, 15) is 9.59 Å². The number of nitrogens with zero attached hydrogens (tertiary/aromatic N) is 3. The fourth-order valence-electron chi connectivity index (χ4n) is 2.49. The van der Waals surface area contributed by atoms with Gasteiger partial charge in [0.15, 0.2) is 0 Å². The Morgan fingerprint density at radius 2 is 2.05 bits per heavy atom. The van der Waals surface area contributed by atoms with Gasteiger partial charge >= 0.3 is 0 Å². The molecule has 0 aliphatic carbocycles. The van der Waals surface area contributed by atoms with Gasteiger partial charge in [-0.25, -0.2) is 4.68 Å². The first-order chi connectivity index (χ1) is 10.0. The Morgan fingerprint density at radius 3 is 2.76 bits per heavy atom. The van der Waals surface area contributed by atoms with Crippen LogP contribution < -0.4 is 10.6 Å². The second-order valence-corrected chi connectivity index (χ2v) is 5.16. The summed E-state index contributed by atoms with van der Waals surface area (Å²) in [5.74, 6) is -0.117. The SMILES string of the molecule is Cc1cc(C)cc(NC(=O)C[C@@H]2C(=O)Nc3ncnn32)c1. The number of rotatable bonds is 3. The molecule has 2 N–H and O–H groups in total. The zero-order valence-electron chi connectivity index (χ0n) is 11.8. The largest absolute Gasteiger partial charge is 0.326 e. The molecule has 1 aliphatic rings. The molecule has 21 heavy (non-hydrogen) atoms. The molecule has 2 aromatic rings. The Balaban J connectivity index is 1.71. The van der Waals surface area contributed by atoms with Crippen LogP contribution in [0.5, 0.6) is 0 Å². The summed E-state index contributed by atoms with van der Waals surface area (Å²) in [6.45, 7) is 3.93. The van der Waals surface area contributed by atoms with Crippen molar-refractivity contribution in [2.75, 3.05) is 10.6 Å². The lowest BCUT2D eigenvalue weighted by molar-refractivity contribution is -0.123. The third-order valence-electron chi connectivity index (χ3n) is 3.29. The molecule has 1 aromatic carbocycles. The van der Waals surface area contributed by atoms with Crippen molar-refractivity contribution in [3.63, 3.8) is 0 Å². The summed E-state index contributed by atoms with van der Waals surface area (Å²) in [7, 11) is 0. The Hall–Kier alpha value is -2.70. The molecule has 0 saturated heterocycles. The van der Waals surface area contributed by atoms with Crippen molar-refractivity contribution < 1.29 is 9.59 Å². The lowest BCUT2D eigenvalue weighted by atomic mass is 10.1. The van der Waals surface area contributed by atoms with E-state index in [1.165, 1.54) is 11.0 Å². The topological polar surface area (TPSA) is 88.9 Å². The fraction of sp³-hybridized carbons (Fsp3) is 0.286. The smallest absolute Gasteiger partial charge is 0.252 e. The molecule has 1 atom stereocenters. The zero-order valence-corrected chi connectivity index (χ0v) is 11.8. The molecule has 7 heteroatoms. The van der Waals surface area contributed by atoms with Crippen molar-refractivity contribution in [2.24, 2.45) is 0 Å². The summed E-state index contributed by atoms with van der Waals surface area (Å²) in [6.07, 6.45) is 1.37. The van der Waals surface area contributed by atoms with Crippen molar-refractivity contribution in [1.29, 1.82) is 0 Å². The lowest BCUT2D eigenvalue weighted by Crippen LogP contribution is -2.23. The third kappa shape index (κ3) is 2.62. The first-order valence-electron chi connectivity index (χ1n) is 6.61. The predicted molar refractivity (Wildman–Crippen MR) is 76.9 cm³/mol. The number of anilines is 2. The lowest BCUT2D eigenvalue weighted by Gasteiger charge is -2.10. The summed E-state index contributed by atoms with van der Waals surface area (Å²) >= 11 is 0. The molecular weight excluding hydrogens is 270 g/mol. The van der Waals surface area contributed by atoms with Crippen LogP contribution in [0.3, 0.4) is 0 Å². The van der Waals surface area contributed by atoms with Gasteiger partial charge in [-0.05, 0) is 37.1 Å². The molecular formula is C14H15N5O2. The van der Waals surface area contributed by atoms with E-state index in [1.54, 1.807) is 0 Å². The highest BCUT2D eigenvalue weighted by Gasteiger charge is 2.33. The first-order valence-corrected chi connectivity index (χ1v) is 6.61. The van der Waals surface area contributed by atoms with E-state index >= 15 is 0 Å². The Bertz CT molecular complexity index is 702. The van der Waals surface area contributed by atoms with Crippen molar-refractivity contribution in [3.8, 4) is 0 Å². The van der Waals surface area contributed by atoms with Gasteiger partial charge in [0.1, 0.15) is 12.4 Å². The quantitative estimate of drug-likeness (QED) is 0.892. The molecule has 0 saturated carbocycles. The molecule has 108 valence electrons. The van der Waals surface area contributed by atoms with Crippen LogP contribution >= 0.6 is 0 Å². The van der Waals surface area contributed by atoms with Gasteiger partial charge in [0, 0.05) is 5.69 Å². The van der Waals surface area contributed by atoms with Gasteiger partial charge in [0.2, 0.25) is 11.9 Å². The Morgan fingerprint density at radius 1 is 1.33 bits per heavy atom. The maximum absolute atomic E-state index is 12.1. The molecule has 0 fully saturated rings. The minimum atomic E-state index is -0.645. The second-order valence-electron chi connectivity index (χ2n) is 5.16. The van der Waals surface area contributed by atoms with Gasteiger partial charge in [-0.2, -0.15) is 10.1 Å². The number of hydrogen-bond donors (Lipinski definition) is 2. The van der Waals surface area contributed by atoms with Gasteiger partial charge in [0.25, 0.3) is 5.91 Å². The van der Waals surface area contributed by atoms with E-state index in [0.717, 1.165) is 16.8 Å². The predicted octanol–water partition coefficient (Wildman–Crippen LogP) is 1.42. The van der Waals surface area contributed by atoms with Crippen LogP contribution in [0.25, 0.3) is 0 Å². The maximum Gasteiger partial charge on any atom is 0.252 e. The second kappa shape index (κ2) is 5.01. The van der Waals surface area contributed by atoms with Crippen LogP contribution in [-0.4, -0.2) is 26.6 Å². The monoisotopic (exact) mass is 285 g/mol. The van der Waals surface area contributed by atoms with Gasteiger partial charge in [-0.15, -0.1) is 0 Å². The number of fused-ring (bicyclic) bond motifs is 1. The molecule has 1 aromatic heterocycles. The third-order valence-corrected chi connectivity index (χ3v) is 3.29. The van der Waals surface area contributed by atoms with E-state index in [0.29, 0.717) is 5.95 Å². The first kappa shape index (κ1) is 13.3. The van der Waals surface area contributed by atoms with Crippen molar-refractivity contribution in [2.45, 2.75) is 26.3 Å². The molecule has 2 amide bonds. The molecule has 7 nitrogen and oxygen atoms in total. The van der Waals surface area contributed by atoms with Crippen LogP contribution in [0.15, 0.2) is 24.5 Å². The summed E-state index contributed by atoms with van der Waals surface area (Å²) in [6, 6.07) is 5.16. The molecule has 0 spiro atoms. The highest BCUT2D eigenvalue weighted by atomic mass is 16.2. The normalized spacial score (nSPS) is 16.5. The number of amides is 2. The molecule has 0 radical (unpaired) electrons. The van der Waals surface area contributed by atoms with Crippen molar-refractivity contribution in [1.82, 2.24) is 14.8 Å². The maximum atomic E-state index is 12.1. The van der Waals surface area contributed by atoms with E-state index in [-0.39, 0.29) is 18.2 Å². The number of hydrogen-bond acceptors (Lipinski definition) is 4. The minimum absolute atomic E-state index is 0.0230. The van der Waals surface area contributed by atoms with Gasteiger partial charge in [-0.3, -0.25) is 14.9 Å². The average Bonchev–Trinajstić information content (AvgIpc) is 2.91. The van der Waals surface area contributed by atoms with Crippen LogP contribution in [0.1, 0.15) is 23.6 Å². The number of carbonyl (C=O) groups excluding carboxylic acids is 2. The van der Waals surface area contributed by atoms with Crippen LogP contribution in [0.2, 0.25) is 0 Å². The number of aryl methyl sites for hydroxylation is 2. The highest BCUT2D eigenvalue weighted by Crippen LogP contribution is 2.24. The zero-order chi connectivity index (χ0) is 15.0. The van der Waals surface area contributed by atoms with Crippen LogP contribution in [-0.2, 0) is 9.59 Å². The summed E-state index contributed by atoms with van der Waals surface area (Å²) in [5.41, 5.74) is 2.87. The van der Waals surface area contributed by atoms with Crippen LogP contribution in [0.4, 0.5) is 11.6 Å². The van der Waals surface area contributed by atoms with E-state index < -0.39 is 6.04 Å². The molecule has 3 rings (SSSR count). The summed E-state index contributed by atoms with van der Waals surface area (Å²) in [4.78, 5) is 27.8. The minimum Gasteiger partial charge on any atom is -0.326 e.